The summed E-state index contributed by atoms with van der Waals surface area (Å²) in [5, 5.41) is 20.7. The minimum Gasteiger partial charge on any atom is -0.457 e. The van der Waals surface area contributed by atoms with Crippen LogP contribution in [0.25, 0.3) is 17.3 Å². The lowest BCUT2D eigenvalue weighted by molar-refractivity contribution is -0.124. The Morgan fingerprint density at radius 3 is 2.36 bits per heavy atom. The van der Waals surface area contributed by atoms with Crippen molar-refractivity contribution in [1.29, 1.82) is 10.7 Å². The summed E-state index contributed by atoms with van der Waals surface area (Å²) >= 11 is 0. The Hall–Kier alpha value is -5.62. The molecule has 3 aromatic carbocycles. The molecule has 0 bridgehead atoms. The van der Waals surface area contributed by atoms with E-state index < -0.39 is 0 Å². The molecule has 1 aromatic heterocycles. The molecule has 0 aliphatic heterocycles. The Bertz CT molecular complexity index is 1590. The van der Waals surface area contributed by atoms with Crippen molar-refractivity contribution in [2.75, 3.05) is 25.1 Å². The number of likely N-dealkylation sites (N-methyl/N-ethyl adjacent to an activating group) is 1. The number of aromatic nitrogens is 1. The monoisotopic (exact) mass is 517 g/mol. The molecule has 0 unspecified atom stereocenters. The molecule has 39 heavy (non-hydrogen) atoms. The highest BCUT2D eigenvalue weighted by Gasteiger charge is 2.16. The molecule has 6 N–H and O–H groups in total. The second kappa shape index (κ2) is 11.6. The number of para-hydroxylation sites is 1. The van der Waals surface area contributed by atoms with E-state index in [9.17, 15) is 10.1 Å². The minimum atomic E-state index is -0.380. The van der Waals surface area contributed by atoms with E-state index in [-0.39, 0.29) is 17.3 Å². The highest BCUT2D eigenvalue weighted by molar-refractivity contribution is 6.06. The zero-order valence-corrected chi connectivity index (χ0v) is 21.5. The number of rotatable bonds is 8. The summed E-state index contributed by atoms with van der Waals surface area (Å²) in [7, 11) is 3.18. The molecule has 0 saturated heterocycles. The quantitative estimate of drug-likeness (QED) is 0.109. The fraction of sp³-hybridized carbons (Fsp3) is 0.0667. The number of carbonyl (C=O) groups excluding carboxylic acids is 1. The number of pyridine rings is 1. The van der Waals surface area contributed by atoms with Gasteiger partial charge in [0.15, 0.2) is 0 Å². The largest absolute Gasteiger partial charge is 0.457 e. The van der Waals surface area contributed by atoms with E-state index in [2.05, 4.69) is 5.32 Å². The predicted octanol–water partition coefficient (Wildman–Crippen LogP) is 5.15. The number of amides is 1. The van der Waals surface area contributed by atoms with Gasteiger partial charge < -0.3 is 26.4 Å². The van der Waals surface area contributed by atoms with E-state index in [4.69, 9.17) is 26.6 Å². The third-order valence-electron chi connectivity index (χ3n) is 5.65. The van der Waals surface area contributed by atoms with Crippen LogP contribution in [0.2, 0.25) is 0 Å². The number of anilines is 3. The van der Waals surface area contributed by atoms with Crippen LogP contribution in [-0.2, 0) is 4.79 Å². The van der Waals surface area contributed by atoms with Crippen molar-refractivity contribution in [3.05, 3.63) is 102 Å². The summed E-state index contributed by atoms with van der Waals surface area (Å²) in [5.41, 5.74) is 15.3. The highest BCUT2D eigenvalue weighted by atomic mass is 16.5. The molecule has 0 atom stereocenters. The third-order valence-corrected chi connectivity index (χ3v) is 5.65. The Labute approximate surface area is 226 Å². The fourth-order valence-corrected chi connectivity index (χ4v) is 3.83. The van der Waals surface area contributed by atoms with Crippen molar-refractivity contribution < 1.29 is 9.53 Å². The van der Waals surface area contributed by atoms with Gasteiger partial charge in [-0.3, -0.25) is 10.2 Å². The van der Waals surface area contributed by atoms with Crippen molar-refractivity contribution in [2.24, 2.45) is 5.73 Å². The number of amidine groups is 1. The number of nitriles is 1. The van der Waals surface area contributed by atoms with Crippen LogP contribution < -0.4 is 21.5 Å². The maximum Gasteiger partial charge on any atom is 0.264 e. The average molecular weight is 518 g/mol. The van der Waals surface area contributed by atoms with E-state index >= 15 is 0 Å². The van der Waals surface area contributed by atoms with Gasteiger partial charge in [-0.2, -0.15) is 5.26 Å². The molecule has 1 amide bonds. The molecule has 0 fully saturated rings. The Morgan fingerprint density at radius 1 is 1.03 bits per heavy atom. The van der Waals surface area contributed by atoms with Gasteiger partial charge in [0.2, 0.25) is 0 Å². The number of carbonyl (C=O) groups is 1. The fourth-order valence-electron chi connectivity index (χ4n) is 3.83. The molecule has 0 spiro atoms. The Balaban J connectivity index is 1.65. The first-order valence-corrected chi connectivity index (χ1v) is 11.9. The minimum absolute atomic E-state index is 0.0207. The van der Waals surface area contributed by atoms with Crippen LogP contribution in [0.4, 0.5) is 17.2 Å². The molecule has 9 nitrogen and oxygen atoms in total. The smallest absolute Gasteiger partial charge is 0.264 e. The van der Waals surface area contributed by atoms with E-state index in [1.165, 1.54) is 11.0 Å². The first-order chi connectivity index (χ1) is 18.7. The molecule has 4 aromatic rings. The summed E-state index contributed by atoms with van der Waals surface area (Å²) in [6, 6.07) is 27.4. The second-order valence-electron chi connectivity index (χ2n) is 8.79. The lowest BCUT2D eigenvalue weighted by atomic mass is 10.0. The third kappa shape index (κ3) is 6.39. The molecule has 0 radical (unpaired) electrons. The van der Waals surface area contributed by atoms with E-state index in [0.29, 0.717) is 51.1 Å². The SMILES string of the molecule is CN(C)C(=O)/C(C#N)=C/c1cccc(Nc2cc(N)c(C(=N)N)c(-c3ccc(Oc4ccccc4)cc3)n2)c1. The first kappa shape index (κ1) is 26.4. The van der Waals surface area contributed by atoms with E-state index in [1.54, 1.807) is 38.4 Å². The van der Waals surface area contributed by atoms with E-state index in [1.807, 2.05) is 66.7 Å². The van der Waals surface area contributed by atoms with Crippen molar-refractivity contribution in [3.63, 3.8) is 0 Å². The van der Waals surface area contributed by atoms with Crippen LogP contribution in [0.1, 0.15) is 11.1 Å². The number of nitrogens with zero attached hydrogens (tertiary/aromatic N) is 3. The van der Waals surface area contributed by atoms with Crippen molar-refractivity contribution in [1.82, 2.24) is 9.88 Å². The molecule has 0 aliphatic rings. The Kier molecular flexibility index (Phi) is 7.88. The number of hydrogen-bond donors (Lipinski definition) is 4. The standard InChI is InChI=1S/C30H27N7O2/c1-37(2)30(38)21(18-31)15-19-7-6-8-22(16-19)35-26-17-25(32)27(29(33)34)28(36-26)20-11-13-24(14-12-20)39-23-9-4-3-5-10-23/h3-17H,1-2H3,(H3,33,34)(H3,32,35,36)/b21-15+. The Morgan fingerprint density at radius 2 is 1.72 bits per heavy atom. The normalized spacial score (nSPS) is 10.8. The molecule has 0 saturated carbocycles. The summed E-state index contributed by atoms with van der Waals surface area (Å²) in [5.74, 6) is 1.21. The van der Waals surface area contributed by atoms with Gasteiger partial charge in [-0.05, 0) is 60.2 Å². The lowest BCUT2D eigenvalue weighted by Crippen LogP contribution is -2.22. The van der Waals surface area contributed by atoms with Crippen molar-refractivity contribution in [2.45, 2.75) is 0 Å². The molecule has 9 heteroatoms. The molecule has 194 valence electrons. The topological polar surface area (TPSA) is 154 Å². The van der Waals surface area contributed by atoms with Gasteiger partial charge in [0.1, 0.15) is 34.8 Å². The molecular weight excluding hydrogens is 490 g/mol. The summed E-state index contributed by atoms with van der Waals surface area (Å²) in [6.45, 7) is 0. The van der Waals surface area contributed by atoms with Gasteiger partial charge in [-0.25, -0.2) is 4.98 Å². The summed E-state index contributed by atoms with van der Waals surface area (Å²) in [6.07, 6.45) is 1.53. The number of nitrogens with one attached hydrogen (secondary N) is 2. The van der Waals surface area contributed by atoms with Crippen LogP contribution >= 0.6 is 0 Å². The molecule has 1 heterocycles. The van der Waals surface area contributed by atoms with Crippen LogP contribution in [0, 0.1) is 16.7 Å². The number of ether oxygens (including phenoxy) is 1. The van der Waals surface area contributed by atoms with E-state index in [0.717, 1.165) is 0 Å². The zero-order chi connectivity index (χ0) is 27.9. The van der Waals surface area contributed by atoms with Gasteiger partial charge in [0, 0.05) is 37.1 Å². The number of nitrogens with two attached hydrogens (primary N) is 2. The maximum absolute atomic E-state index is 12.2. The van der Waals surface area contributed by atoms with Gasteiger partial charge in [-0.1, -0.05) is 30.3 Å². The van der Waals surface area contributed by atoms with Crippen LogP contribution in [-0.4, -0.2) is 35.7 Å². The van der Waals surface area contributed by atoms with Crippen molar-refractivity contribution >= 4 is 35.0 Å². The lowest BCUT2D eigenvalue weighted by Gasteiger charge is -2.15. The van der Waals surface area contributed by atoms with Crippen LogP contribution in [0.3, 0.4) is 0 Å². The number of nitrogen functional groups attached to an aromatic ring is 2. The molecular formula is C30H27N7O2. The van der Waals surface area contributed by atoms with Crippen molar-refractivity contribution in [3.8, 4) is 28.8 Å². The maximum atomic E-state index is 12.2. The zero-order valence-electron chi connectivity index (χ0n) is 21.5. The number of benzene rings is 3. The van der Waals surface area contributed by atoms with Crippen LogP contribution in [0.5, 0.6) is 11.5 Å². The van der Waals surface area contributed by atoms with Gasteiger partial charge in [0.05, 0.1) is 11.3 Å². The molecule has 0 aliphatic carbocycles. The highest BCUT2D eigenvalue weighted by Crippen LogP contribution is 2.32. The summed E-state index contributed by atoms with van der Waals surface area (Å²) < 4.78 is 5.87. The average Bonchev–Trinajstić information content (AvgIpc) is 2.92. The van der Waals surface area contributed by atoms with Gasteiger partial charge in [0.25, 0.3) is 5.91 Å². The molecule has 4 rings (SSSR count). The number of hydrogen-bond acceptors (Lipinski definition) is 7. The predicted molar refractivity (Wildman–Crippen MR) is 154 cm³/mol. The van der Waals surface area contributed by atoms with Gasteiger partial charge in [-0.15, -0.1) is 0 Å². The van der Waals surface area contributed by atoms with Crippen LogP contribution in [0.15, 0.2) is 90.5 Å². The summed E-state index contributed by atoms with van der Waals surface area (Å²) in [4.78, 5) is 18.3. The second-order valence-corrected chi connectivity index (χ2v) is 8.79. The first-order valence-electron chi connectivity index (χ1n) is 11.9. The van der Waals surface area contributed by atoms with Gasteiger partial charge >= 0.3 is 0 Å².